The fraction of sp³-hybridized carbons (Fsp3) is 0.636. The molecule has 1 N–H and O–H groups in total. The van der Waals surface area contributed by atoms with Gasteiger partial charge in [0.15, 0.2) is 0 Å². The Hall–Kier alpha value is -1.16. The molecule has 0 saturated heterocycles. The molecule has 2 unspecified atom stereocenters. The van der Waals surface area contributed by atoms with Crippen molar-refractivity contribution in [3.05, 3.63) is 18.1 Å². The van der Waals surface area contributed by atoms with Crippen LogP contribution in [0, 0.1) is 0 Å². The van der Waals surface area contributed by atoms with E-state index in [4.69, 9.17) is 4.74 Å². The van der Waals surface area contributed by atoms with E-state index in [2.05, 4.69) is 9.97 Å². The molecule has 0 amide bonds. The maximum absolute atomic E-state index is 9.70. The number of aromatic nitrogens is 2. The summed E-state index contributed by atoms with van der Waals surface area (Å²) in [7, 11) is 0. The molecule has 0 aliphatic rings. The highest BCUT2D eigenvalue weighted by molar-refractivity contribution is 5.17. The Kier molecular flexibility index (Phi) is 4.49. The first-order valence-electron chi connectivity index (χ1n) is 5.31. The summed E-state index contributed by atoms with van der Waals surface area (Å²) in [4.78, 5) is 8.12. The minimum absolute atomic E-state index is 0.0113. The van der Waals surface area contributed by atoms with Gasteiger partial charge in [-0.25, -0.2) is 9.97 Å². The first-order chi connectivity index (χ1) is 7.19. The molecule has 84 valence electrons. The zero-order valence-electron chi connectivity index (χ0n) is 9.47. The molecule has 15 heavy (non-hydrogen) atoms. The largest absolute Gasteiger partial charge is 0.478 e. The van der Waals surface area contributed by atoms with Gasteiger partial charge in [0.05, 0.1) is 18.4 Å². The summed E-state index contributed by atoms with van der Waals surface area (Å²) >= 11 is 0. The van der Waals surface area contributed by atoms with E-state index in [9.17, 15) is 5.11 Å². The molecule has 0 aromatic carbocycles. The van der Waals surface area contributed by atoms with Crippen LogP contribution >= 0.6 is 0 Å². The molecule has 0 spiro atoms. The van der Waals surface area contributed by atoms with Gasteiger partial charge in [-0.15, -0.1) is 0 Å². The first kappa shape index (κ1) is 11.9. The van der Waals surface area contributed by atoms with Gasteiger partial charge in [-0.05, 0) is 13.3 Å². The van der Waals surface area contributed by atoms with E-state index in [1.165, 1.54) is 6.33 Å². The van der Waals surface area contributed by atoms with Gasteiger partial charge in [-0.2, -0.15) is 0 Å². The number of hydrogen-bond acceptors (Lipinski definition) is 4. The Morgan fingerprint density at radius 2 is 2.13 bits per heavy atom. The molecule has 0 fully saturated rings. The summed E-state index contributed by atoms with van der Waals surface area (Å²) in [5.41, 5.74) is 0.822. The average molecular weight is 210 g/mol. The molecule has 1 aromatic heterocycles. The minimum Gasteiger partial charge on any atom is -0.478 e. The smallest absolute Gasteiger partial charge is 0.216 e. The third kappa shape index (κ3) is 3.16. The summed E-state index contributed by atoms with van der Waals surface area (Å²) in [6.45, 7) is 6.39. The van der Waals surface area contributed by atoms with E-state index in [0.29, 0.717) is 12.5 Å². The van der Waals surface area contributed by atoms with E-state index in [1.807, 2.05) is 20.8 Å². The van der Waals surface area contributed by atoms with Gasteiger partial charge in [0, 0.05) is 12.0 Å². The zero-order chi connectivity index (χ0) is 11.3. The molecule has 4 heteroatoms. The lowest BCUT2D eigenvalue weighted by Crippen LogP contribution is -2.15. The van der Waals surface area contributed by atoms with Gasteiger partial charge in [0.25, 0.3) is 0 Å². The maximum Gasteiger partial charge on any atom is 0.216 e. The molecular weight excluding hydrogens is 192 g/mol. The van der Waals surface area contributed by atoms with Crippen LogP contribution in [-0.4, -0.2) is 27.8 Å². The number of rotatable bonds is 5. The van der Waals surface area contributed by atoms with Crippen LogP contribution in [0.1, 0.15) is 38.8 Å². The minimum atomic E-state index is -0.366. The lowest BCUT2D eigenvalue weighted by molar-refractivity contribution is 0.143. The molecule has 0 radical (unpaired) electrons. The van der Waals surface area contributed by atoms with E-state index >= 15 is 0 Å². The molecule has 0 aliphatic heterocycles. The second-order valence-corrected chi connectivity index (χ2v) is 3.48. The molecule has 1 aromatic rings. The van der Waals surface area contributed by atoms with Crippen molar-refractivity contribution in [2.45, 2.75) is 39.2 Å². The lowest BCUT2D eigenvalue weighted by Gasteiger charge is -2.16. The van der Waals surface area contributed by atoms with Crippen molar-refractivity contribution in [1.29, 1.82) is 0 Å². The normalized spacial score (nSPS) is 14.7. The second kappa shape index (κ2) is 5.66. The quantitative estimate of drug-likeness (QED) is 0.804. The Morgan fingerprint density at radius 3 is 2.73 bits per heavy atom. The van der Waals surface area contributed by atoms with Crippen LogP contribution in [-0.2, 0) is 0 Å². The Labute approximate surface area is 90.3 Å². The van der Waals surface area contributed by atoms with Crippen molar-refractivity contribution in [2.75, 3.05) is 6.61 Å². The maximum atomic E-state index is 9.70. The van der Waals surface area contributed by atoms with Crippen molar-refractivity contribution in [2.24, 2.45) is 0 Å². The standard InChI is InChI=1S/C11H18N2O2/c1-4-10(14)8(3)9-6-11(15-5-2)13-7-12-9/h6-8,10,14H,4-5H2,1-3H3. The predicted molar refractivity (Wildman–Crippen MR) is 57.9 cm³/mol. The van der Waals surface area contributed by atoms with Crippen LogP contribution in [0.2, 0.25) is 0 Å². The number of aliphatic hydroxyl groups is 1. The van der Waals surface area contributed by atoms with Gasteiger partial charge < -0.3 is 9.84 Å². The summed E-state index contributed by atoms with van der Waals surface area (Å²) in [5.74, 6) is 0.579. The second-order valence-electron chi connectivity index (χ2n) is 3.48. The first-order valence-corrected chi connectivity index (χ1v) is 5.31. The third-order valence-corrected chi connectivity index (χ3v) is 2.42. The number of ether oxygens (including phenoxy) is 1. The van der Waals surface area contributed by atoms with Gasteiger partial charge in [-0.3, -0.25) is 0 Å². The topological polar surface area (TPSA) is 55.2 Å². The van der Waals surface area contributed by atoms with Crippen LogP contribution < -0.4 is 4.74 Å². The van der Waals surface area contributed by atoms with Crippen LogP contribution in [0.25, 0.3) is 0 Å². The molecule has 1 heterocycles. The Morgan fingerprint density at radius 1 is 1.40 bits per heavy atom. The monoisotopic (exact) mass is 210 g/mol. The Bertz CT molecular complexity index is 304. The molecule has 2 atom stereocenters. The van der Waals surface area contributed by atoms with Crippen molar-refractivity contribution in [3.8, 4) is 5.88 Å². The molecule has 1 rings (SSSR count). The van der Waals surface area contributed by atoms with Crippen molar-refractivity contribution < 1.29 is 9.84 Å². The average Bonchev–Trinajstić information content (AvgIpc) is 2.28. The number of hydrogen-bond donors (Lipinski definition) is 1. The van der Waals surface area contributed by atoms with Gasteiger partial charge >= 0.3 is 0 Å². The molecule has 0 bridgehead atoms. The summed E-state index contributed by atoms with van der Waals surface area (Å²) in [6.07, 6.45) is 1.82. The highest BCUT2D eigenvalue weighted by Gasteiger charge is 2.16. The van der Waals surface area contributed by atoms with E-state index < -0.39 is 0 Å². The van der Waals surface area contributed by atoms with Gasteiger partial charge in [0.1, 0.15) is 6.33 Å². The summed E-state index contributed by atoms with van der Waals surface area (Å²) < 4.78 is 5.28. The van der Waals surface area contributed by atoms with E-state index in [0.717, 1.165) is 12.1 Å². The SMILES string of the molecule is CCOc1cc(C(C)C(O)CC)ncn1. The fourth-order valence-electron chi connectivity index (χ4n) is 1.38. The van der Waals surface area contributed by atoms with Gasteiger partial charge in [-0.1, -0.05) is 13.8 Å². The fourth-order valence-corrected chi connectivity index (χ4v) is 1.38. The summed E-state index contributed by atoms with van der Waals surface area (Å²) in [5, 5.41) is 9.70. The lowest BCUT2D eigenvalue weighted by atomic mass is 9.99. The zero-order valence-corrected chi connectivity index (χ0v) is 9.47. The van der Waals surface area contributed by atoms with E-state index in [-0.39, 0.29) is 12.0 Å². The molecule has 4 nitrogen and oxygen atoms in total. The molecular formula is C11H18N2O2. The van der Waals surface area contributed by atoms with Crippen molar-refractivity contribution in [1.82, 2.24) is 9.97 Å². The highest BCUT2D eigenvalue weighted by atomic mass is 16.5. The van der Waals surface area contributed by atoms with Crippen LogP contribution in [0.15, 0.2) is 12.4 Å². The number of nitrogens with zero attached hydrogens (tertiary/aromatic N) is 2. The van der Waals surface area contributed by atoms with Crippen LogP contribution in [0.3, 0.4) is 0 Å². The highest BCUT2D eigenvalue weighted by Crippen LogP contribution is 2.21. The third-order valence-electron chi connectivity index (χ3n) is 2.42. The van der Waals surface area contributed by atoms with Crippen LogP contribution in [0.4, 0.5) is 0 Å². The predicted octanol–water partition coefficient (Wildman–Crippen LogP) is 1.75. The van der Waals surface area contributed by atoms with E-state index in [1.54, 1.807) is 6.07 Å². The number of aliphatic hydroxyl groups excluding tert-OH is 1. The molecule has 0 saturated carbocycles. The van der Waals surface area contributed by atoms with Gasteiger partial charge in [0.2, 0.25) is 5.88 Å². The van der Waals surface area contributed by atoms with Crippen molar-refractivity contribution in [3.63, 3.8) is 0 Å². The van der Waals surface area contributed by atoms with Crippen molar-refractivity contribution >= 4 is 0 Å². The van der Waals surface area contributed by atoms with Crippen LogP contribution in [0.5, 0.6) is 5.88 Å². The molecule has 0 aliphatic carbocycles. The summed E-state index contributed by atoms with van der Waals surface area (Å²) in [6, 6.07) is 1.78. The Balaban J connectivity index is 2.80.